The lowest BCUT2D eigenvalue weighted by Gasteiger charge is -2.04. The topological polar surface area (TPSA) is 39.9 Å². The van der Waals surface area contributed by atoms with Crippen LogP contribution in [0.1, 0.15) is 35.1 Å². The Hall–Kier alpha value is -0.720. The van der Waals surface area contributed by atoms with Crippen LogP contribution < -0.4 is 0 Å². The van der Waals surface area contributed by atoms with Crippen LogP contribution in [0.2, 0.25) is 0 Å². The predicted molar refractivity (Wildman–Crippen MR) is 76.0 cm³/mol. The highest BCUT2D eigenvalue weighted by Crippen LogP contribution is 2.23. The molecule has 0 bridgehead atoms. The van der Waals surface area contributed by atoms with E-state index in [2.05, 4.69) is 38.3 Å². The summed E-state index contributed by atoms with van der Waals surface area (Å²) in [7, 11) is 1.70. The van der Waals surface area contributed by atoms with Crippen LogP contribution in [0.25, 0.3) is 0 Å². The third-order valence-electron chi connectivity index (χ3n) is 2.88. The first-order valence-corrected chi connectivity index (χ1v) is 7.36. The van der Waals surface area contributed by atoms with Gasteiger partial charge in [-0.3, -0.25) is 4.68 Å². The molecule has 18 heavy (non-hydrogen) atoms. The fraction of sp³-hybridized carbons (Fsp3) is 0.500. The number of aromatic nitrogens is 3. The highest BCUT2D eigenvalue weighted by Gasteiger charge is 2.12. The van der Waals surface area contributed by atoms with Crippen LogP contribution in [0.15, 0.2) is 9.85 Å². The summed E-state index contributed by atoms with van der Waals surface area (Å²) in [5, 5.41) is 7.55. The van der Waals surface area contributed by atoms with Gasteiger partial charge < -0.3 is 4.74 Å². The summed E-state index contributed by atoms with van der Waals surface area (Å²) in [6.07, 6.45) is 0.0518. The Kier molecular flexibility index (Phi) is 4.19. The highest BCUT2D eigenvalue weighted by atomic mass is 79.9. The minimum absolute atomic E-state index is 0.0518. The van der Waals surface area contributed by atoms with E-state index < -0.39 is 0 Å². The summed E-state index contributed by atoms with van der Waals surface area (Å²) in [6, 6.07) is 0. The van der Waals surface area contributed by atoms with Crippen LogP contribution >= 0.6 is 27.3 Å². The summed E-state index contributed by atoms with van der Waals surface area (Å²) in [4.78, 5) is 4.57. The van der Waals surface area contributed by atoms with Gasteiger partial charge in [0, 0.05) is 12.5 Å². The molecule has 2 heterocycles. The molecule has 0 aliphatic heterocycles. The summed E-state index contributed by atoms with van der Waals surface area (Å²) in [5.41, 5.74) is 3.16. The maximum absolute atomic E-state index is 5.26. The lowest BCUT2D eigenvalue weighted by Crippen LogP contribution is -2.05. The van der Waals surface area contributed by atoms with Crippen LogP contribution in [0.3, 0.4) is 0 Å². The van der Waals surface area contributed by atoms with Gasteiger partial charge in [-0.1, -0.05) is 0 Å². The zero-order valence-electron chi connectivity index (χ0n) is 10.9. The summed E-state index contributed by atoms with van der Waals surface area (Å²) < 4.78 is 8.31. The van der Waals surface area contributed by atoms with E-state index in [1.54, 1.807) is 18.4 Å². The summed E-state index contributed by atoms with van der Waals surface area (Å²) >= 11 is 5.16. The van der Waals surface area contributed by atoms with E-state index in [-0.39, 0.29) is 6.10 Å². The van der Waals surface area contributed by atoms with Crippen molar-refractivity contribution in [2.24, 2.45) is 0 Å². The van der Waals surface area contributed by atoms with Crippen molar-refractivity contribution in [1.82, 2.24) is 14.8 Å². The van der Waals surface area contributed by atoms with Crippen molar-refractivity contribution in [3.63, 3.8) is 0 Å². The molecule has 0 radical (unpaired) electrons. The van der Waals surface area contributed by atoms with Crippen LogP contribution in [0.5, 0.6) is 0 Å². The molecule has 2 rings (SSSR count). The number of ether oxygens (including phenoxy) is 1. The number of hydrogen-bond donors (Lipinski definition) is 0. The van der Waals surface area contributed by atoms with Crippen molar-refractivity contribution in [2.75, 3.05) is 7.11 Å². The average molecular weight is 330 g/mol. The summed E-state index contributed by atoms with van der Waals surface area (Å²) in [5.74, 6) is 0. The quantitative estimate of drug-likeness (QED) is 0.862. The Morgan fingerprint density at radius 2 is 2.22 bits per heavy atom. The van der Waals surface area contributed by atoms with Gasteiger partial charge in [-0.25, -0.2) is 4.98 Å². The number of rotatable bonds is 4. The number of methoxy groups -OCH3 is 1. The molecule has 98 valence electrons. The van der Waals surface area contributed by atoms with Gasteiger partial charge in [0.15, 0.2) is 0 Å². The van der Waals surface area contributed by atoms with Gasteiger partial charge in [-0.2, -0.15) is 5.10 Å². The van der Waals surface area contributed by atoms with E-state index >= 15 is 0 Å². The highest BCUT2D eigenvalue weighted by molar-refractivity contribution is 9.10. The molecule has 1 unspecified atom stereocenters. The zero-order chi connectivity index (χ0) is 13.3. The second-order valence-corrected chi connectivity index (χ2v) is 5.88. The number of thiazole rings is 1. The molecule has 0 aromatic carbocycles. The standard InChI is InChI=1S/C12H16BrN3OS/c1-7-11(13)8(2)16(15-7)5-10-6-18-12(14-10)9(3)17-4/h6,9H,5H2,1-4H3. The normalized spacial score (nSPS) is 12.9. The van der Waals surface area contributed by atoms with Crippen molar-refractivity contribution in [3.8, 4) is 0 Å². The Morgan fingerprint density at radius 1 is 1.50 bits per heavy atom. The lowest BCUT2D eigenvalue weighted by atomic mass is 10.4. The molecule has 0 fully saturated rings. The second kappa shape index (κ2) is 5.50. The molecule has 0 spiro atoms. The minimum atomic E-state index is 0.0518. The molecule has 0 aliphatic rings. The number of nitrogens with zero attached hydrogens (tertiary/aromatic N) is 3. The Bertz CT molecular complexity index is 550. The van der Waals surface area contributed by atoms with Crippen molar-refractivity contribution in [1.29, 1.82) is 0 Å². The second-order valence-electron chi connectivity index (χ2n) is 4.20. The van der Waals surface area contributed by atoms with Gasteiger partial charge in [0.05, 0.1) is 28.1 Å². The van der Waals surface area contributed by atoms with Crippen molar-refractivity contribution < 1.29 is 4.74 Å². The molecule has 0 aliphatic carbocycles. The molecular formula is C12H16BrN3OS. The molecule has 1 atom stereocenters. The molecule has 0 saturated heterocycles. The average Bonchev–Trinajstić information content (AvgIpc) is 2.91. The molecule has 4 nitrogen and oxygen atoms in total. The predicted octanol–water partition coefficient (Wildman–Crippen LogP) is 3.47. The zero-order valence-corrected chi connectivity index (χ0v) is 13.3. The van der Waals surface area contributed by atoms with E-state index in [0.717, 1.165) is 26.6 Å². The van der Waals surface area contributed by atoms with Gasteiger partial charge in [0.1, 0.15) is 11.1 Å². The Morgan fingerprint density at radius 3 is 2.78 bits per heavy atom. The first-order chi connectivity index (χ1) is 8.52. The maximum atomic E-state index is 5.26. The van der Waals surface area contributed by atoms with Crippen molar-refractivity contribution in [2.45, 2.75) is 33.4 Å². The largest absolute Gasteiger partial charge is 0.375 e. The maximum Gasteiger partial charge on any atom is 0.122 e. The molecule has 2 aromatic rings. The number of aryl methyl sites for hydroxylation is 1. The third-order valence-corrected chi connectivity index (χ3v) is 5.08. The molecule has 0 amide bonds. The van der Waals surface area contributed by atoms with E-state index in [4.69, 9.17) is 4.74 Å². The van der Waals surface area contributed by atoms with E-state index in [9.17, 15) is 0 Å². The first-order valence-electron chi connectivity index (χ1n) is 5.69. The monoisotopic (exact) mass is 329 g/mol. The Balaban J connectivity index is 2.19. The van der Waals surface area contributed by atoms with E-state index in [1.165, 1.54) is 0 Å². The smallest absolute Gasteiger partial charge is 0.122 e. The van der Waals surface area contributed by atoms with Crippen molar-refractivity contribution >= 4 is 27.3 Å². The Labute approximate surface area is 119 Å². The number of hydrogen-bond acceptors (Lipinski definition) is 4. The van der Waals surface area contributed by atoms with Crippen LogP contribution in [-0.4, -0.2) is 21.9 Å². The molecule has 2 aromatic heterocycles. The fourth-order valence-corrected chi connectivity index (χ4v) is 2.79. The molecular weight excluding hydrogens is 314 g/mol. The van der Waals surface area contributed by atoms with E-state index in [0.29, 0.717) is 6.54 Å². The van der Waals surface area contributed by atoms with Gasteiger partial charge in [-0.15, -0.1) is 11.3 Å². The molecule has 0 N–H and O–H groups in total. The molecule has 0 saturated carbocycles. The van der Waals surface area contributed by atoms with Gasteiger partial charge in [0.2, 0.25) is 0 Å². The minimum Gasteiger partial charge on any atom is -0.375 e. The van der Waals surface area contributed by atoms with Gasteiger partial charge in [0.25, 0.3) is 0 Å². The SMILES string of the molecule is COC(C)c1nc(Cn2nc(C)c(Br)c2C)cs1. The van der Waals surface area contributed by atoms with Crippen LogP contribution in [0.4, 0.5) is 0 Å². The van der Waals surface area contributed by atoms with Gasteiger partial charge in [-0.05, 0) is 36.7 Å². The van der Waals surface area contributed by atoms with Crippen molar-refractivity contribution in [3.05, 3.63) is 31.9 Å². The third kappa shape index (κ3) is 2.65. The van der Waals surface area contributed by atoms with E-state index in [1.807, 2.05) is 18.5 Å². The fourth-order valence-electron chi connectivity index (χ4n) is 1.67. The van der Waals surface area contributed by atoms with Gasteiger partial charge >= 0.3 is 0 Å². The lowest BCUT2D eigenvalue weighted by molar-refractivity contribution is 0.119. The summed E-state index contributed by atoms with van der Waals surface area (Å²) in [6.45, 7) is 6.75. The first kappa shape index (κ1) is 13.7. The number of halogens is 1. The van der Waals surface area contributed by atoms with Crippen LogP contribution in [-0.2, 0) is 11.3 Å². The van der Waals surface area contributed by atoms with Crippen LogP contribution in [0, 0.1) is 13.8 Å². The molecule has 6 heteroatoms.